The molecule has 0 spiro atoms. The topological polar surface area (TPSA) is 95.9 Å². The van der Waals surface area contributed by atoms with Crippen molar-refractivity contribution in [3.05, 3.63) is 24.3 Å². The molecule has 0 saturated heterocycles. The highest BCUT2D eigenvalue weighted by molar-refractivity contribution is 5.76. The number of esters is 1. The molecule has 0 aromatic rings. The molecular weight excluding hydrogens is 899 g/mol. The van der Waals surface area contributed by atoms with Crippen LogP contribution in [0.5, 0.6) is 0 Å². The van der Waals surface area contributed by atoms with Crippen LogP contribution in [-0.2, 0) is 14.3 Å². The van der Waals surface area contributed by atoms with Gasteiger partial charge in [-0.25, -0.2) is 0 Å². The first kappa shape index (κ1) is 71.3. The van der Waals surface area contributed by atoms with Gasteiger partial charge in [-0.3, -0.25) is 9.59 Å². The summed E-state index contributed by atoms with van der Waals surface area (Å²) in [4.78, 5) is 24.5. The Hall–Kier alpha value is -1.66. The van der Waals surface area contributed by atoms with E-state index in [1.807, 2.05) is 0 Å². The molecule has 2 unspecified atom stereocenters. The standard InChI is InChI=1S/C67H129NO5/c1-3-5-7-9-11-13-15-17-18-33-36-39-43-47-51-55-59-65(70)64(63-69)68-66(71)60-56-52-48-44-40-37-34-31-29-27-25-23-21-19-20-22-24-26-28-30-32-35-38-42-46-50-54-58-62-73-67(72)61-57-53-49-45-41-16-14-12-10-8-6-4-2/h12,14,19-20,64-65,69-70H,3-11,13,15-18,21-63H2,1-2H3,(H,68,71)/b14-12-,20-19-. The Morgan fingerprint density at radius 1 is 0.370 bits per heavy atom. The summed E-state index contributed by atoms with van der Waals surface area (Å²) in [5.74, 6) is -0.0261. The zero-order valence-corrected chi connectivity index (χ0v) is 49.4. The lowest BCUT2D eigenvalue weighted by molar-refractivity contribution is -0.143. The SMILES string of the molecule is CCCCC/C=C\CCCCCCCC(=O)OCCCCCCCCCCCCCC/C=C\CCCCCCCCCCCCCCC(=O)NC(CO)C(O)CCCCCCCCCCCCCCCCCC. The van der Waals surface area contributed by atoms with E-state index in [0.717, 1.165) is 44.9 Å². The highest BCUT2D eigenvalue weighted by Crippen LogP contribution is 2.18. The molecule has 0 aromatic carbocycles. The monoisotopic (exact) mass is 1030 g/mol. The van der Waals surface area contributed by atoms with Gasteiger partial charge in [0.15, 0.2) is 0 Å². The Morgan fingerprint density at radius 2 is 0.644 bits per heavy atom. The fourth-order valence-electron chi connectivity index (χ4n) is 10.4. The zero-order chi connectivity index (χ0) is 52.9. The highest BCUT2D eigenvalue weighted by atomic mass is 16.5. The summed E-state index contributed by atoms with van der Waals surface area (Å²) in [6.07, 6.45) is 77.8. The van der Waals surface area contributed by atoms with Gasteiger partial charge in [-0.2, -0.15) is 0 Å². The summed E-state index contributed by atoms with van der Waals surface area (Å²) in [5.41, 5.74) is 0. The van der Waals surface area contributed by atoms with E-state index in [9.17, 15) is 19.8 Å². The number of hydrogen-bond acceptors (Lipinski definition) is 5. The van der Waals surface area contributed by atoms with E-state index in [1.165, 1.54) is 289 Å². The molecule has 2 atom stereocenters. The van der Waals surface area contributed by atoms with Gasteiger partial charge < -0.3 is 20.3 Å². The molecule has 0 rings (SSSR count). The molecule has 0 radical (unpaired) electrons. The van der Waals surface area contributed by atoms with Crippen molar-refractivity contribution in [2.75, 3.05) is 13.2 Å². The summed E-state index contributed by atoms with van der Waals surface area (Å²) in [6, 6.07) is -0.541. The zero-order valence-electron chi connectivity index (χ0n) is 49.4. The normalized spacial score (nSPS) is 12.7. The fraction of sp³-hybridized carbons (Fsp3) is 0.910. The van der Waals surface area contributed by atoms with Gasteiger partial charge in [-0.1, -0.05) is 301 Å². The van der Waals surface area contributed by atoms with Crippen molar-refractivity contribution >= 4 is 11.9 Å². The second-order valence-corrected chi connectivity index (χ2v) is 22.8. The Morgan fingerprint density at radius 3 is 1.00 bits per heavy atom. The average Bonchev–Trinajstić information content (AvgIpc) is 3.39. The van der Waals surface area contributed by atoms with Crippen molar-refractivity contribution < 1.29 is 24.5 Å². The maximum absolute atomic E-state index is 12.5. The lowest BCUT2D eigenvalue weighted by atomic mass is 10.0. The average molecular weight is 1030 g/mol. The molecule has 3 N–H and O–H groups in total. The lowest BCUT2D eigenvalue weighted by Crippen LogP contribution is -2.45. The van der Waals surface area contributed by atoms with E-state index in [4.69, 9.17) is 4.74 Å². The van der Waals surface area contributed by atoms with E-state index < -0.39 is 12.1 Å². The molecule has 0 heterocycles. The van der Waals surface area contributed by atoms with Crippen LogP contribution in [0.15, 0.2) is 24.3 Å². The van der Waals surface area contributed by atoms with Gasteiger partial charge in [0.05, 0.1) is 25.4 Å². The van der Waals surface area contributed by atoms with Crippen molar-refractivity contribution in [2.24, 2.45) is 0 Å². The molecule has 6 nitrogen and oxygen atoms in total. The van der Waals surface area contributed by atoms with Gasteiger partial charge in [-0.05, 0) is 77.0 Å². The number of rotatable bonds is 62. The van der Waals surface area contributed by atoms with Gasteiger partial charge in [-0.15, -0.1) is 0 Å². The van der Waals surface area contributed by atoms with Crippen LogP contribution in [0.2, 0.25) is 0 Å². The minimum absolute atomic E-state index is 0.00610. The number of carbonyl (C=O) groups excluding carboxylic acids is 2. The number of nitrogens with one attached hydrogen (secondary N) is 1. The molecule has 6 heteroatoms. The minimum Gasteiger partial charge on any atom is -0.466 e. The van der Waals surface area contributed by atoms with E-state index in [1.54, 1.807) is 0 Å². The Labute approximate surface area is 456 Å². The number of carbonyl (C=O) groups is 2. The fourth-order valence-corrected chi connectivity index (χ4v) is 10.4. The second-order valence-electron chi connectivity index (χ2n) is 22.8. The number of ether oxygens (including phenoxy) is 1. The molecule has 0 aliphatic carbocycles. The molecule has 0 saturated carbocycles. The number of amides is 1. The van der Waals surface area contributed by atoms with Gasteiger partial charge >= 0.3 is 5.97 Å². The molecule has 0 bridgehead atoms. The number of unbranched alkanes of at least 4 members (excludes halogenated alkanes) is 47. The molecule has 0 fully saturated rings. The molecule has 1 amide bonds. The Kier molecular flexibility index (Phi) is 61.4. The summed E-state index contributed by atoms with van der Waals surface area (Å²) in [7, 11) is 0. The first-order chi connectivity index (χ1) is 36.0. The van der Waals surface area contributed by atoms with Crippen LogP contribution in [0, 0.1) is 0 Å². The lowest BCUT2D eigenvalue weighted by Gasteiger charge is -2.22. The summed E-state index contributed by atoms with van der Waals surface area (Å²) in [5, 5.41) is 23.3. The molecule has 73 heavy (non-hydrogen) atoms. The van der Waals surface area contributed by atoms with Crippen molar-refractivity contribution in [3.8, 4) is 0 Å². The summed E-state index contributed by atoms with van der Waals surface area (Å²) < 4.78 is 5.47. The highest BCUT2D eigenvalue weighted by Gasteiger charge is 2.20. The van der Waals surface area contributed by atoms with Crippen molar-refractivity contribution in [1.82, 2.24) is 5.32 Å². The van der Waals surface area contributed by atoms with Gasteiger partial charge in [0.25, 0.3) is 0 Å². The minimum atomic E-state index is -0.664. The maximum atomic E-state index is 12.5. The predicted molar refractivity (Wildman–Crippen MR) is 320 cm³/mol. The quantitative estimate of drug-likeness (QED) is 0.0320. The van der Waals surface area contributed by atoms with Crippen LogP contribution in [0.1, 0.15) is 367 Å². The third-order valence-electron chi connectivity index (χ3n) is 15.5. The molecular formula is C67H129NO5. The van der Waals surface area contributed by atoms with E-state index in [2.05, 4.69) is 43.5 Å². The van der Waals surface area contributed by atoms with E-state index >= 15 is 0 Å². The molecule has 0 aromatic heterocycles. The number of allylic oxidation sites excluding steroid dienone is 4. The third-order valence-corrected chi connectivity index (χ3v) is 15.5. The van der Waals surface area contributed by atoms with Crippen LogP contribution in [0.3, 0.4) is 0 Å². The maximum Gasteiger partial charge on any atom is 0.305 e. The molecule has 432 valence electrons. The van der Waals surface area contributed by atoms with E-state index in [0.29, 0.717) is 25.9 Å². The van der Waals surface area contributed by atoms with Crippen molar-refractivity contribution in [1.29, 1.82) is 0 Å². The van der Waals surface area contributed by atoms with Crippen LogP contribution in [-0.4, -0.2) is 47.4 Å². The van der Waals surface area contributed by atoms with Crippen LogP contribution < -0.4 is 5.32 Å². The second kappa shape index (κ2) is 62.9. The first-order valence-electron chi connectivity index (χ1n) is 33.1. The van der Waals surface area contributed by atoms with Crippen molar-refractivity contribution in [3.63, 3.8) is 0 Å². The van der Waals surface area contributed by atoms with Crippen LogP contribution in [0.4, 0.5) is 0 Å². The van der Waals surface area contributed by atoms with Gasteiger partial charge in [0.1, 0.15) is 0 Å². The Bertz CT molecular complexity index is 1140. The summed E-state index contributed by atoms with van der Waals surface area (Å²) >= 11 is 0. The number of aliphatic hydroxyl groups is 2. The van der Waals surface area contributed by atoms with E-state index in [-0.39, 0.29) is 18.5 Å². The molecule has 0 aliphatic heterocycles. The summed E-state index contributed by atoms with van der Waals surface area (Å²) in [6.45, 7) is 4.95. The number of aliphatic hydroxyl groups excluding tert-OH is 2. The van der Waals surface area contributed by atoms with Gasteiger partial charge in [0, 0.05) is 12.8 Å². The third kappa shape index (κ3) is 59.4. The Balaban J connectivity index is 3.38. The van der Waals surface area contributed by atoms with Crippen molar-refractivity contribution in [2.45, 2.75) is 379 Å². The van der Waals surface area contributed by atoms with Crippen LogP contribution >= 0.6 is 0 Å². The predicted octanol–water partition coefficient (Wildman–Crippen LogP) is 21.0. The smallest absolute Gasteiger partial charge is 0.305 e. The largest absolute Gasteiger partial charge is 0.466 e. The van der Waals surface area contributed by atoms with Gasteiger partial charge in [0.2, 0.25) is 5.91 Å². The van der Waals surface area contributed by atoms with Crippen LogP contribution in [0.25, 0.3) is 0 Å². The number of hydrogen-bond donors (Lipinski definition) is 3. The first-order valence-corrected chi connectivity index (χ1v) is 33.1. The molecule has 0 aliphatic rings.